The van der Waals surface area contributed by atoms with Crippen LogP contribution in [0.5, 0.6) is 0 Å². The average molecular weight is 418 g/mol. The fourth-order valence-corrected chi connectivity index (χ4v) is 5.08. The number of anilines is 1. The Morgan fingerprint density at radius 3 is 2.45 bits per heavy atom. The number of para-hydroxylation sites is 1. The monoisotopic (exact) mass is 417 g/mol. The van der Waals surface area contributed by atoms with Crippen LogP contribution in [0.2, 0.25) is 0 Å². The minimum absolute atomic E-state index is 0.448. The van der Waals surface area contributed by atoms with Crippen molar-refractivity contribution in [3.05, 3.63) is 48.0 Å². The first-order chi connectivity index (χ1) is 15.2. The number of aromatic amines is 1. The highest BCUT2D eigenvalue weighted by molar-refractivity contribution is 6.04. The summed E-state index contributed by atoms with van der Waals surface area (Å²) in [7, 11) is 0. The molecule has 6 nitrogen and oxygen atoms in total. The van der Waals surface area contributed by atoms with Gasteiger partial charge in [-0.15, -0.1) is 0 Å². The maximum atomic E-state index is 11.7. The van der Waals surface area contributed by atoms with Crippen LogP contribution >= 0.6 is 0 Å². The van der Waals surface area contributed by atoms with Crippen LogP contribution in [0.15, 0.2) is 42.5 Å². The second-order valence-corrected chi connectivity index (χ2v) is 8.99. The molecule has 0 spiro atoms. The van der Waals surface area contributed by atoms with Crippen LogP contribution in [-0.4, -0.2) is 53.5 Å². The number of primary amides is 1. The Labute approximate surface area is 183 Å². The van der Waals surface area contributed by atoms with Gasteiger partial charge in [-0.1, -0.05) is 12.5 Å². The van der Waals surface area contributed by atoms with Gasteiger partial charge in [0.1, 0.15) is 11.3 Å². The quantitative estimate of drug-likeness (QED) is 0.657. The van der Waals surface area contributed by atoms with Crippen molar-refractivity contribution in [3.8, 4) is 11.4 Å². The van der Waals surface area contributed by atoms with Crippen molar-refractivity contribution >= 4 is 22.6 Å². The molecule has 2 fully saturated rings. The van der Waals surface area contributed by atoms with Crippen LogP contribution in [0.4, 0.5) is 5.69 Å². The highest BCUT2D eigenvalue weighted by Crippen LogP contribution is 2.28. The maximum absolute atomic E-state index is 11.7. The molecule has 31 heavy (non-hydrogen) atoms. The third-order valence-electron chi connectivity index (χ3n) is 6.86. The SMILES string of the molecule is NC(=O)c1cccc2[nH]c(-c3ccc(N4CCC(CN5CCCCC5)CC4)cc3)nc12. The molecule has 2 aromatic carbocycles. The molecule has 0 unspecified atom stereocenters. The largest absolute Gasteiger partial charge is 0.372 e. The molecule has 2 aliphatic heterocycles. The number of H-pyrrole nitrogens is 1. The number of carbonyl (C=O) groups is 1. The van der Waals surface area contributed by atoms with E-state index in [0.29, 0.717) is 11.1 Å². The first-order valence-electron chi connectivity index (χ1n) is 11.5. The molecule has 3 N–H and O–H groups in total. The van der Waals surface area contributed by atoms with Gasteiger partial charge in [0.2, 0.25) is 0 Å². The third-order valence-corrected chi connectivity index (χ3v) is 6.86. The minimum atomic E-state index is -0.456. The molecule has 2 aliphatic rings. The Bertz CT molecular complexity index is 1040. The molecule has 5 rings (SSSR count). The summed E-state index contributed by atoms with van der Waals surface area (Å²) in [6.45, 7) is 6.13. The number of fused-ring (bicyclic) bond motifs is 1. The number of amides is 1. The zero-order chi connectivity index (χ0) is 21.2. The van der Waals surface area contributed by atoms with Gasteiger partial charge in [-0.05, 0) is 81.1 Å². The number of nitrogens with zero attached hydrogens (tertiary/aromatic N) is 3. The number of rotatable bonds is 5. The number of aromatic nitrogens is 2. The summed E-state index contributed by atoms with van der Waals surface area (Å²) in [5.41, 5.74) is 9.68. The topological polar surface area (TPSA) is 78.2 Å². The molecule has 0 aliphatic carbocycles. The molecular weight excluding hydrogens is 386 g/mol. The number of nitrogens with one attached hydrogen (secondary N) is 1. The van der Waals surface area contributed by atoms with Gasteiger partial charge < -0.3 is 20.5 Å². The Hall–Kier alpha value is -2.86. The van der Waals surface area contributed by atoms with E-state index in [-0.39, 0.29) is 0 Å². The lowest BCUT2D eigenvalue weighted by molar-refractivity contribution is 0.100. The van der Waals surface area contributed by atoms with Gasteiger partial charge in [-0.3, -0.25) is 4.79 Å². The molecule has 0 radical (unpaired) electrons. The van der Waals surface area contributed by atoms with E-state index < -0.39 is 5.91 Å². The zero-order valence-corrected chi connectivity index (χ0v) is 18.0. The predicted molar refractivity (Wildman–Crippen MR) is 125 cm³/mol. The van der Waals surface area contributed by atoms with Crippen LogP contribution < -0.4 is 10.6 Å². The number of benzene rings is 2. The first kappa shape index (κ1) is 20.1. The number of hydrogen-bond donors (Lipinski definition) is 2. The minimum Gasteiger partial charge on any atom is -0.372 e. The second-order valence-electron chi connectivity index (χ2n) is 8.99. The third kappa shape index (κ3) is 4.30. The standard InChI is InChI=1S/C25H31N5O/c26-24(31)21-5-4-6-22-23(21)28-25(27-22)19-7-9-20(10-8-19)30-15-11-18(12-16-30)17-29-13-2-1-3-14-29/h4-10,18H,1-3,11-17H2,(H2,26,31)(H,27,28). The summed E-state index contributed by atoms with van der Waals surface area (Å²) in [6.07, 6.45) is 6.71. The second kappa shape index (κ2) is 8.71. The van der Waals surface area contributed by atoms with Gasteiger partial charge in [0.15, 0.2) is 0 Å². The van der Waals surface area contributed by atoms with Gasteiger partial charge in [-0.2, -0.15) is 0 Å². The molecule has 1 amide bonds. The van der Waals surface area contributed by atoms with Crippen molar-refractivity contribution in [1.82, 2.24) is 14.9 Å². The molecule has 162 valence electrons. The Morgan fingerprint density at radius 1 is 1.00 bits per heavy atom. The van der Waals surface area contributed by atoms with Crippen molar-refractivity contribution in [2.24, 2.45) is 11.7 Å². The van der Waals surface area contributed by atoms with Crippen LogP contribution in [0.25, 0.3) is 22.4 Å². The first-order valence-corrected chi connectivity index (χ1v) is 11.5. The lowest BCUT2D eigenvalue weighted by Crippen LogP contribution is -2.40. The molecule has 1 aromatic heterocycles. The van der Waals surface area contributed by atoms with E-state index in [1.54, 1.807) is 6.07 Å². The maximum Gasteiger partial charge on any atom is 0.250 e. The van der Waals surface area contributed by atoms with Crippen molar-refractivity contribution in [3.63, 3.8) is 0 Å². The smallest absolute Gasteiger partial charge is 0.250 e. The van der Waals surface area contributed by atoms with Gasteiger partial charge in [0.05, 0.1) is 11.1 Å². The van der Waals surface area contributed by atoms with Crippen molar-refractivity contribution in [1.29, 1.82) is 0 Å². The normalized spacial score (nSPS) is 18.5. The summed E-state index contributed by atoms with van der Waals surface area (Å²) in [6, 6.07) is 14.0. The summed E-state index contributed by atoms with van der Waals surface area (Å²) in [5.74, 6) is 1.14. The van der Waals surface area contributed by atoms with Gasteiger partial charge in [0, 0.05) is 30.9 Å². The summed E-state index contributed by atoms with van der Waals surface area (Å²) < 4.78 is 0. The molecule has 0 bridgehead atoms. The van der Waals surface area contributed by atoms with E-state index >= 15 is 0 Å². The molecule has 0 atom stereocenters. The predicted octanol–water partition coefficient (Wildman–Crippen LogP) is 4.03. The summed E-state index contributed by atoms with van der Waals surface area (Å²) >= 11 is 0. The van der Waals surface area contributed by atoms with Crippen molar-refractivity contribution in [2.45, 2.75) is 32.1 Å². The fourth-order valence-electron chi connectivity index (χ4n) is 5.08. The van der Waals surface area contributed by atoms with Crippen LogP contribution in [0, 0.1) is 5.92 Å². The summed E-state index contributed by atoms with van der Waals surface area (Å²) in [4.78, 5) is 24.8. The average Bonchev–Trinajstić information content (AvgIpc) is 3.25. The fraction of sp³-hybridized carbons (Fsp3) is 0.440. The Morgan fingerprint density at radius 2 is 1.74 bits per heavy atom. The van der Waals surface area contributed by atoms with Crippen molar-refractivity contribution in [2.75, 3.05) is 37.6 Å². The van der Waals surface area contributed by atoms with Gasteiger partial charge in [-0.25, -0.2) is 4.98 Å². The van der Waals surface area contributed by atoms with E-state index in [1.165, 1.54) is 57.4 Å². The summed E-state index contributed by atoms with van der Waals surface area (Å²) in [5, 5.41) is 0. The van der Waals surface area contributed by atoms with Crippen LogP contribution in [0.3, 0.4) is 0 Å². The highest BCUT2D eigenvalue weighted by Gasteiger charge is 2.22. The number of carbonyl (C=O) groups excluding carboxylic acids is 1. The van der Waals surface area contributed by atoms with Gasteiger partial charge >= 0.3 is 0 Å². The van der Waals surface area contributed by atoms with Crippen LogP contribution in [0.1, 0.15) is 42.5 Å². The molecule has 2 saturated heterocycles. The molecule has 6 heteroatoms. The molecule has 0 saturated carbocycles. The van der Waals surface area contributed by atoms with E-state index in [4.69, 9.17) is 5.73 Å². The molecular formula is C25H31N5O. The Kier molecular flexibility index (Phi) is 5.64. The van der Waals surface area contributed by atoms with E-state index in [0.717, 1.165) is 35.9 Å². The lowest BCUT2D eigenvalue weighted by atomic mass is 9.95. The van der Waals surface area contributed by atoms with Gasteiger partial charge in [0.25, 0.3) is 5.91 Å². The van der Waals surface area contributed by atoms with Crippen molar-refractivity contribution < 1.29 is 4.79 Å². The molecule has 3 heterocycles. The number of piperidine rings is 2. The number of nitrogens with two attached hydrogens (primary N) is 1. The zero-order valence-electron chi connectivity index (χ0n) is 18.0. The Balaban J connectivity index is 1.24. The number of likely N-dealkylation sites (tertiary alicyclic amines) is 1. The van der Waals surface area contributed by atoms with E-state index in [9.17, 15) is 4.79 Å². The molecule has 3 aromatic rings. The number of hydrogen-bond acceptors (Lipinski definition) is 4. The van der Waals surface area contributed by atoms with E-state index in [1.807, 2.05) is 12.1 Å². The van der Waals surface area contributed by atoms with E-state index in [2.05, 4.69) is 44.0 Å². The number of imidazole rings is 1. The highest BCUT2D eigenvalue weighted by atomic mass is 16.1. The lowest BCUT2D eigenvalue weighted by Gasteiger charge is -2.37. The van der Waals surface area contributed by atoms with Crippen LogP contribution in [-0.2, 0) is 0 Å².